The van der Waals surface area contributed by atoms with Gasteiger partial charge in [-0.15, -0.1) is 12.4 Å². The molecule has 4 nitrogen and oxygen atoms in total. The van der Waals surface area contributed by atoms with Crippen LogP contribution in [-0.4, -0.2) is 24.1 Å². The first-order valence-corrected chi connectivity index (χ1v) is 5.19. The van der Waals surface area contributed by atoms with Gasteiger partial charge in [-0.1, -0.05) is 12.1 Å². The maximum absolute atomic E-state index is 5.85. The van der Waals surface area contributed by atoms with Crippen LogP contribution in [0.1, 0.15) is 6.42 Å². The fourth-order valence-electron chi connectivity index (χ4n) is 1.96. The summed E-state index contributed by atoms with van der Waals surface area (Å²) in [7, 11) is 0. The van der Waals surface area contributed by atoms with Crippen LogP contribution >= 0.6 is 12.4 Å². The van der Waals surface area contributed by atoms with Crippen molar-refractivity contribution >= 4 is 29.5 Å². The molecular formula is C11H14ClN3O. The second-order valence-electron chi connectivity index (χ2n) is 3.96. The van der Waals surface area contributed by atoms with Crippen LogP contribution in [0.25, 0.3) is 11.1 Å². The normalized spacial score (nSPS) is 20.1. The molecule has 5 heteroatoms. The molecule has 0 aliphatic carbocycles. The fourth-order valence-corrected chi connectivity index (χ4v) is 1.96. The van der Waals surface area contributed by atoms with E-state index in [2.05, 4.69) is 9.88 Å². The topological polar surface area (TPSA) is 55.3 Å². The quantitative estimate of drug-likeness (QED) is 0.824. The van der Waals surface area contributed by atoms with E-state index in [-0.39, 0.29) is 18.4 Å². The molecule has 1 aromatic carbocycles. The number of oxazole rings is 1. The Morgan fingerprint density at radius 3 is 2.88 bits per heavy atom. The average molecular weight is 240 g/mol. The number of hydrogen-bond donors (Lipinski definition) is 1. The van der Waals surface area contributed by atoms with Crippen molar-refractivity contribution in [1.29, 1.82) is 0 Å². The summed E-state index contributed by atoms with van der Waals surface area (Å²) in [6.07, 6.45) is 1.01. The maximum atomic E-state index is 5.85. The first-order valence-electron chi connectivity index (χ1n) is 5.19. The van der Waals surface area contributed by atoms with E-state index < -0.39 is 0 Å². The van der Waals surface area contributed by atoms with Crippen molar-refractivity contribution in [3.05, 3.63) is 24.3 Å². The van der Waals surface area contributed by atoms with Gasteiger partial charge in [-0.25, -0.2) is 0 Å². The molecule has 0 saturated carbocycles. The number of halogens is 1. The largest absolute Gasteiger partial charge is 0.423 e. The molecule has 2 heterocycles. The van der Waals surface area contributed by atoms with Crippen molar-refractivity contribution in [2.75, 3.05) is 18.0 Å². The van der Waals surface area contributed by atoms with E-state index >= 15 is 0 Å². The van der Waals surface area contributed by atoms with E-state index in [0.717, 1.165) is 30.6 Å². The van der Waals surface area contributed by atoms with Gasteiger partial charge < -0.3 is 15.1 Å². The number of fused-ring (bicyclic) bond motifs is 1. The minimum absolute atomic E-state index is 0. The van der Waals surface area contributed by atoms with Crippen LogP contribution in [0.15, 0.2) is 28.7 Å². The standard InChI is InChI=1S/C11H13N3O.ClH/c12-8-5-6-14(7-8)11-13-9-3-1-2-4-10(9)15-11;/h1-4,8H,5-7,12H2;1H/t8-;/m0./s1. The van der Waals surface area contributed by atoms with Crippen molar-refractivity contribution in [2.24, 2.45) is 5.73 Å². The summed E-state index contributed by atoms with van der Waals surface area (Å²) in [4.78, 5) is 6.53. The van der Waals surface area contributed by atoms with Crippen LogP contribution < -0.4 is 10.6 Å². The van der Waals surface area contributed by atoms with Crippen molar-refractivity contribution in [3.63, 3.8) is 0 Å². The van der Waals surface area contributed by atoms with Gasteiger partial charge >= 0.3 is 0 Å². The minimum atomic E-state index is 0. The highest BCUT2D eigenvalue weighted by atomic mass is 35.5. The Morgan fingerprint density at radius 1 is 1.38 bits per heavy atom. The number of nitrogens with zero attached hydrogens (tertiary/aromatic N) is 2. The molecule has 0 spiro atoms. The fraction of sp³-hybridized carbons (Fsp3) is 0.364. The van der Waals surface area contributed by atoms with Crippen molar-refractivity contribution < 1.29 is 4.42 Å². The highest BCUT2D eigenvalue weighted by Gasteiger charge is 2.23. The molecule has 0 radical (unpaired) electrons. The van der Waals surface area contributed by atoms with Gasteiger partial charge in [0.15, 0.2) is 5.58 Å². The lowest BCUT2D eigenvalue weighted by Gasteiger charge is -2.11. The van der Waals surface area contributed by atoms with Crippen LogP contribution in [0.3, 0.4) is 0 Å². The predicted octanol–water partition coefficient (Wildman–Crippen LogP) is 1.79. The van der Waals surface area contributed by atoms with E-state index in [9.17, 15) is 0 Å². The lowest BCUT2D eigenvalue weighted by atomic mass is 10.3. The van der Waals surface area contributed by atoms with Gasteiger partial charge in [0.05, 0.1) is 0 Å². The summed E-state index contributed by atoms with van der Waals surface area (Å²) in [5.41, 5.74) is 7.60. The van der Waals surface area contributed by atoms with Crippen LogP contribution in [-0.2, 0) is 0 Å². The SMILES string of the molecule is Cl.N[C@H]1CCN(c2nc3ccccc3o2)C1. The molecule has 2 N–H and O–H groups in total. The molecule has 0 amide bonds. The zero-order valence-electron chi connectivity index (χ0n) is 8.80. The lowest BCUT2D eigenvalue weighted by Crippen LogP contribution is -2.26. The Labute approximate surface area is 99.8 Å². The Morgan fingerprint density at radius 2 is 2.19 bits per heavy atom. The Balaban J connectivity index is 0.000000963. The third-order valence-corrected chi connectivity index (χ3v) is 2.78. The third-order valence-electron chi connectivity index (χ3n) is 2.78. The summed E-state index contributed by atoms with van der Waals surface area (Å²) >= 11 is 0. The van der Waals surface area contributed by atoms with Gasteiger partial charge in [-0.2, -0.15) is 4.98 Å². The molecule has 1 fully saturated rings. The number of hydrogen-bond acceptors (Lipinski definition) is 4. The molecule has 16 heavy (non-hydrogen) atoms. The molecule has 3 rings (SSSR count). The van der Waals surface area contributed by atoms with Gasteiger partial charge in [-0.3, -0.25) is 0 Å². The summed E-state index contributed by atoms with van der Waals surface area (Å²) in [6.45, 7) is 1.78. The van der Waals surface area contributed by atoms with Gasteiger partial charge in [0.2, 0.25) is 0 Å². The molecular weight excluding hydrogens is 226 g/mol. The highest BCUT2D eigenvalue weighted by Crippen LogP contribution is 2.23. The van der Waals surface area contributed by atoms with E-state index in [1.165, 1.54) is 0 Å². The summed E-state index contributed by atoms with van der Waals surface area (Å²) in [5, 5.41) is 0. The lowest BCUT2D eigenvalue weighted by molar-refractivity contribution is 0.583. The number of para-hydroxylation sites is 2. The van der Waals surface area contributed by atoms with Gasteiger partial charge in [0.1, 0.15) is 5.52 Å². The Hall–Kier alpha value is -1.26. The van der Waals surface area contributed by atoms with Gasteiger partial charge in [-0.05, 0) is 18.6 Å². The van der Waals surface area contributed by atoms with E-state index in [1.54, 1.807) is 0 Å². The number of benzene rings is 1. The van der Waals surface area contributed by atoms with Crippen LogP contribution in [0.5, 0.6) is 0 Å². The minimum Gasteiger partial charge on any atom is -0.423 e. The Bertz CT molecular complexity index is 452. The number of nitrogens with two attached hydrogens (primary N) is 1. The molecule has 1 saturated heterocycles. The molecule has 1 aliphatic rings. The molecule has 1 atom stereocenters. The summed E-state index contributed by atoms with van der Waals surface area (Å²) in [6, 6.07) is 8.75. The first kappa shape index (κ1) is 11.2. The molecule has 86 valence electrons. The number of aromatic nitrogens is 1. The highest BCUT2D eigenvalue weighted by molar-refractivity contribution is 5.85. The zero-order valence-corrected chi connectivity index (χ0v) is 9.61. The van der Waals surface area contributed by atoms with Crippen LogP contribution in [0.2, 0.25) is 0 Å². The molecule has 2 aromatic rings. The predicted molar refractivity (Wildman–Crippen MR) is 66.1 cm³/mol. The molecule has 0 unspecified atom stereocenters. The van der Waals surface area contributed by atoms with Crippen molar-refractivity contribution in [2.45, 2.75) is 12.5 Å². The number of anilines is 1. The third kappa shape index (κ3) is 1.86. The second-order valence-corrected chi connectivity index (χ2v) is 3.96. The molecule has 1 aliphatic heterocycles. The molecule has 0 bridgehead atoms. The van der Waals surface area contributed by atoms with Gasteiger partial charge in [0, 0.05) is 19.1 Å². The van der Waals surface area contributed by atoms with Gasteiger partial charge in [0.25, 0.3) is 6.01 Å². The second kappa shape index (κ2) is 4.31. The van der Waals surface area contributed by atoms with E-state index in [4.69, 9.17) is 10.2 Å². The van der Waals surface area contributed by atoms with Crippen LogP contribution in [0.4, 0.5) is 6.01 Å². The van der Waals surface area contributed by atoms with Crippen molar-refractivity contribution in [1.82, 2.24) is 4.98 Å². The maximum Gasteiger partial charge on any atom is 0.298 e. The number of rotatable bonds is 1. The monoisotopic (exact) mass is 239 g/mol. The summed E-state index contributed by atoms with van der Waals surface area (Å²) in [5.74, 6) is 0. The van der Waals surface area contributed by atoms with E-state index in [1.807, 2.05) is 24.3 Å². The molecule has 1 aromatic heterocycles. The van der Waals surface area contributed by atoms with Crippen molar-refractivity contribution in [3.8, 4) is 0 Å². The van der Waals surface area contributed by atoms with E-state index in [0.29, 0.717) is 6.01 Å². The zero-order chi connectivity index (χ0) is 10.3. The summed E-state index contributed by atoms with van der Waals surface area (Å²) < 4.78 is 5.66. The first-order chi connectivity index (χ1) is 7.33. The Kier molecular flexibility index (Phi) is 3.03. The smallest absolute Gasteiger partial charge is 0.298 e. The average Bonchev–Trinajstić information content (AvgIpc) is 2.82. The van der Waals surface area contributed by atoms with Crippen LogP contribution in [0, 0.1) is 0 Å².